The zero-order valence-corrected chi connectivity index (χ0v) is 11.0. The quantitative estimate of drug-likeness (QED) is 0.816. The van der Waals surface area contributed by atoms with Crippen LogP contribution in [0.4, 0.5) is 0 Å². The lowest BCUT2D eigenvalue weighted by Gasteiger charge is -2.12. The molecule has 0 fully saturated rings. The Balaban J connectivity index is 2.22. The first kappa shape index (κ1) is 12.8. The van der Waals surface area contributed by atoms with Gasteiger partial charge in [-0.3, -0.25) is 0 Å². The van der Waals surface area contributed by atoms with Gasteiger partial charge in [0.15, 0.2) is 5.65 Å². The SMILES string of the molecule is CCCNC(C)Cc1cc2n[nH]c(=O)n2c(C)n1. The third kappa shape index (κ3) is 2.59. The lowest BCUT2D eigenvalue weighted by molar-refractivity contribution is 0.537. The van der Waals surface area contributed by atoms with Gasteiger partial charge in [-0.1, -0.05) is 6.92 Å². The highest BCUT2D eigenvalue weighted by atomic mass is 16.1. The summed E-state index contributed by atoms with van der Waals surface area (Å²) in [6, 6.07) is 2.22. The van der Waals surface area contributed by atoms with Gasteiger partial charge < -0.3 is 5.32 Å². The standard InChI is InChI=1S/C12H19N5O/c1-4-5-13-8(2)6-10-7-11-15-16-12(18)17(11)9(3)14-10/h7-8,13H,4-6H2,1-3H3,(H,16,18). The Kier molecular flexibility index (Phi) is 3.76. The van der Waals surface area contributed by atoms with Crippen molar-refractivity contribution in [1.29, 1.82) is 0 Å². The summed E-state index contributed by atoms with van der Waals surface area (Å²) in [4.78, 5) is 15.9. The van der Waals surface area contributed by atoms with Crippen LogP contribution in [0.5, 0.6) is 0 Å². The lowest BCUT2D eigenvalue weighted by atomic mass is 10.1. The molecule has 0 aromatic carbocycles. The van der Waals surface area contributed by atoms with Gasteiger partial charge in [-0.25, -0.2) is 19.3 Å². The van der Waals surface area contributed by atoms with Crippen LogP contribution in [0.1, 0.15) is 31.8 Å². The van der Waals surface area contributed by atoms with Gasteiger partial charge in [-0.15, -0.1) is 0 Å². The summed E-state index contributed by atoms with van der Waals surface area (Å²) < 4.78 is 1.48. The van der Waals surface area contributed by atoms with Crippen molar-refractivity contribution in [2.45, 2.75) is 39.7 Å². The summed E-state index contributed by atoms with van der Waals surface area (Å²) >= 11 is 0. The van der Waals surface area contributed by atoms with E-state index in [-0.39, 0.29) is 5.69 Å². The van der Waals surface area contributed by atoms with Crippen molar-refractivity contribution in [1.82, 2.24) is 24.9 Å². The molecule has 2 N–H and O–H groups in total. The Morgan fingerprint density at radius 2 is 2.33 bits per heavy atom. The summed E-state index contributed by atoms with van der Waals surface area (Å²) in [5, 5.41) is 9.83. The maximum Gasteiger partial charge on any atom is 0.349 e. The number of fused-ring (bicyclic) bond motifs is 1. The minimum absolute atomic E-state index is 0.237. The number of nitrogens with zero attached hydrogens (tertiary/aromatic N) is 3. The fraction of sp³-hybridized carbons (Fsp3) is 0.583. The Morgan fingerprint density at radius 1 is 1.56 bits per heavy atom. The summed E-state index contributed by atoms with van der Waals surface area (Å²) in [5.41, 5.74) is 1.35. The van der Waals surface area contributed by atoms with E-state index in [4.69, 9.17) is 0 Å². The molecule has 2 aromatic rings. The molecule has 0 saturated carbocycles. The summed E-state index contributed by atoms with van der Waals surface area (Å²) in [6.45, 7) is 7.10. The van der Waals surface area contributed by atoms with Crippen LogP contribution in [0.2, 0.25) is 0 Å². The Bertz CT molecular complexity index is 586. The smallest absolute Gasteiger partial charge is 0.314 e. The van der Waals surface area contributed by atoms with Gasteiger partial charge >= 0.3 is 5.69 Å². The number of hydrogen-bond acceptors (Lipinski definition) is 4. The average Bonchev–Trinajstić information content (AvgIpc) is 2.68. The molecular weight excluding hydrogens is 230 g/mol. The molecule has 18 heavy (non-hydrogen) atoms. The maximum absolute atomic E-state index is 11.5. The minimum Gasteiger partial charge on any atom is -0.314 e. The molecule has 2 rings (SSSR count). The molecular formula is C12H19N5O. The third-order valence-corrected chi connectivity index (χ3v) is 2.88. The summed E-state index contributed by atoms with van der Waals surface area (Å²) in [7, 11) is 0. The van der Waals surface area contributed by atoms with Crippen LogP contribution in [0.25, 0.3) is 5.65 Å². The second kappa shape index (κ2) is 5.30. The number of nitrogens with one attached hydrogen (secondary N) is 2. The molecule has 6 heteroatoms. The predicted molar refractivity (Wildman–Crippen MR) is 69.8 cm³/mol. The van der Waals surface area contributed by atoms with Gasteiger partial charge in [-0.2, -0.15) is 5.10 Å². The van der Waals surface area contributed by atoms with Crippen molar-refractivity contribution in [3.05, 3.63) is 28.1 Å². The van der Waals surface area contributed by atoms with E-state index >= 15 is 0 Å². The highest BCUT2D eigenvalue weighted by Gasteiger charge is 2.09. The number of hydrogen-bond donors (Lipinski definition) is 2. The van der Waals surface area contributed by atoms with Gasteiger partial charge in [0.05, 0.1) is 0 Å². The summed E-state index contributed by atoms with van der Waals surface area (Å²) in [6.07, 6.45) is 1.95. The zero-order chi connectivity index (χ0) is 13.1. The normalized spacial score (nSPS) is 13.1. The molecule has 0 bridgehead atoms. The average molecular weight is 249 g/mol. The number of rotatable bonds is 5. The summed E-state index contributed by atoms with van der Waals surface area (Å²) in [5.74, 6) is 0.670. The van der Waals surface area contributed by atoms with Gasteiger partial charge in [0.1, 0.15) is 5.82 Å². The first-order chi connectivity index (χ1) is 8.61. The van der Waals surface area contributed by atoms with E-state index in [2.05, 4.69) is 34.3 Å². The molecule has 1 atom stereocenters. The first-order valence-electron chi connectivity index (χ1n) is 6.29. The number of aromatic amines is 1. The highest BCUT2D eigenvalue weighted by molar-refractivity contribution is 5.38. The van der Waals surface area contributed by atoms with Gasteiger partial charge in [-0.05, 0) is 26.8 Å². The molecule has 0 aliphatic rings. The third-order valence-electron chi connectivity index (χ3n) is 2.88. The van der Waals surface area contributed by atoms with Gasteiger partial charge in [0.25, 0.3) is 0 Å². The monoisotopic (exact) mass is 249 g/mol. The van der Waals surface area contributed by atoms with Crippen molar-refractivity contribution in [3.63, 3.8) is 0 Å². The number of aromatic nitrogens is 4. The molecule has 2 aromatic heterocycles. The van der Waals surface area contributed by atoms with Crippen LogP contribution in [-0.4, -0.2) is 32.2 Å². The van der Waals surface area contributed by atoms with E-state index in [1.165, 1.54) is 4.40 Å². The fourth-order valence-electron chi connectivity index (χ4n) is 2.04. The Morgan fingerprint density at radius 3 is 3.06 bits per heavy atom. The Labute approximate surface area is 105 Å². The number of aryl methyl sites for hydroxylation is 1. The molecule has 0 aliphatic heterocycles. The number of H-pyrrole nitrogens is 1. The van der Waals surface area contributed by atoms with Gasteiger partial charge in [0.2, 0.25) is 0 Å². The molecule has 0 aliphatic carbocycles. The first-order valence-corrected chi connectivity index (χ1v) is 6.29. The van der Waals surface area contributed by atoms with Crippen molar-refractivity contribution >= 4 is 5.65 Å². The second-order valence-electron chi connectivity index (χ2n) is 4.58. The van der Waals surface area contributed by atoms with E-state index in [0.29, 0.717) is 17.5 Å². The molecule has 0 spiro atoms. The molecule has 0 amide bonds. The topological polar surface area (TPSA) is 75.1 Å². The van der Waals surface area contributed by atoms with E-state index in [0.717, 1.165) is 25.1 Å². The molecule has 0 saturated heterocycles. The van der Waals surface area contributed by atoms with Crippen LogP contribution < -0.4 is 11.0 Å². The molecule has 6 nitrogen and oxygen atoms in total. The van der Waals surface area contributed by atoms with E-state index in [1.54, 1.807) is 0 Å². The van der Waals surface area contributed by atoms with Crippen molar-refractivity contribution in [2.24, 2.45) is 0 Å². The predicted octanol–water partition coefficient (Wildman–Crippen LogP) is 0.657. The van der Waals surface area contributed by atoms with Crippen LogP contribution in [0.15, 0.2) is 10.9 Å². The Hall–Kier alpha value is -1.69. The zero-order valence-electron chi connectivity index (χ0n) is 11.0. The highest BCUT2D eigenvalue weighted by Crippen LogP contribution is 2.05. The molecule has 2 heterocycles. The molecule has 0 radical (unpaired) electrons. The van der Waals surface area contributed by atoms with Crippen LogP contribution in [0.3, 0.4) is 0 Å². The van der Waals surface area contributed by atoms with Crippen molar-refractivity contribution in [2.75, 3.05) is 6.54 Å². The van der Waals surface area contributed by atoms with Crippen molar-refractivity contribution < 1.29 is 0 Å². The minimum atomic E-state index is -0.237. The van der Waals surface area contributed by atoms with E-state index < -0.39 is 0 Å². The van der Waals surface area contributed by atoms with Crippen molar-refractivity contribution in [3.8, 4) is 0 Å². The fourth-order valence-corrected chi connectivity index (χ4v) is 2.04. The maximum atomic E-state index is 11.5. The molecule has 1 unspecified atom stereocenters. The van der Waals surface area contributed by atoms with Crippen LogP contribution in [0, 0.1) is 6.92 Å². The van der Waals surface area contributed by atoms with E-state index in [1.807, 2.05) is 13.0 Å². The molecule has 98 valence electrons. The van der Waals surface area contributed by atoms with Crippen LogP contribution in [-0.2, 0) is 6.42 Å². The second-order valence-corrected chi connectivity index (χ2v) is 4.58. The van der Waals surface area contributed by atoms with Crippen LogP contribution >= 0.6 is 0 Å². The van der Waals surface area contributed by atoms with E-state index in [9.17, 15) is 4.79 Å². The largest absolute Gasteiger partial charge is 0.349 e. The lowest BCUT2D eigenvalue weighted by Crippen LogP contribution is -2.29. The van der Waals surface area contributed by atoms with Gasteiger partial charge in [0, 0.05) is 24.2 Å².